The summed E-state index contributed by atoms with van der Waals surface area (Å²) in [5.74, 6) is 2.00. The van der Waals surface area contributed by atoms with E-state index in [0.29, 0.717) is 6.42 Å². The molecule has 0 aromatic heterocycles. The van der Waals surface area contributed by atoms with Gasteiger partial charge in [0.15, 0.2) is 0 Å². The van der Waals surface area contributed by atoms with E-state index in [0.717, 1.165) is 37.0 Å². The molecule has 2 saturated heterocycles. The number of hydrogen-bond donors (Lipinski definition) is 0. The fourth-order valence-corrected chi connectivity index (χ4v) is 5.24. The fraction of sp³-hybridized carbons (Fsp3) is 0.588. The highest BCUT2D eigenvalue weighted by atomic mass is 127. The van der Waals surface area contributed by atoms with E-state index < -0.39 is 0 Å². The lowest BCUT2D eigenvalue weighted by Gasteiger charge is -2.21. The van der Waals surface area contributed by atoms with Crippen LogP contribution in [0.1, 0.15) is 12.0 Å². The second kappa shape index (κ2) is 6.09. The molecule has 22 heavy (non-hydrogen) atoms. The van der Waals surface area contributed by atoms with Crippen LogP contribution in [0.4, 0.5) is 5.69 Å². The Morgan fingerprint density at radius 1 is 1.05 bits per heavy atom. The quantitative estimate of drug-likeness (QED) is 0.562. The number of benzene rings is 1. The Hall–Kier alpha value is -0.660. The molecule has 5 heteroatoms. The van der Waals surface area contributed by atoms with Crippen LogP contribution in [0.3, 0.4) is 0 Å². The van der Waals surface area contributed by atoms with Crippen molar-refractivity contribution < 1.29 is 4.79 Å². The molecule has 0 N–H and O–H groups in total. The summed E-state index contributed by atoms with van der Waals surface area (Å²) in [5, 5.41) is 0. The molecule has 0 aliphatic carbocycles. The van der Waals surface area contributed by atoms with Crippen LogP contribution in [0.25, 0.3) is 0 Å². The average molecular weight is 411 g/mol. The fourth-order valence-electron chi connectivity index (χ4n) is 4.23. The van der Waals surface area contributed by atoms with Crippen molar-refractivity contribution >= 4 is 34.5 Å². The van der Waals surface area contributed by atoms with Gasteiger partial charge in [-0.3, -0.25) is 4.79 Å². The van der Waals surface area contributed by atoms with Gasteiger partial charge in [-0.2, -0.15) is 0 Å². The van der Waals surface area contributed by atoms with E-state index in [1.165, 1.54) is 31.7 Å². The molecule has 0 unspecified atom stereocenters. The molecule has 1 aromatic carbocycles. The van der Waals surface area contributed by atoms with Gasteiger partial charge in [-0.15, -0.1) is 0 Å². The lowest BCUT2D eigenvalue weighted by atomic mass is 10.0. The largest absolute Gasteiger partial charge is 0.312 e. The van der Waals surface area contributed by atoms with E-state index in [4.69, 9.17) is 0 Å². The third-order valence-corrected chi connectivity index (χ3v) is 6.09. The second-order valence-corrected chi connectivity index (χ2v) is 8.18. The number of amides is 1. The summed E-state index contributed by atoms with van der Waals surface area (Å²) in [6, 6.07) is 8.21. The minimum absolute atomic E-state index is 0.264. The molecule has 0 bridgehead atoms. The molecule has 118 valence electrons. The van der Waals surface area contributed by atoms with E-state index >= 15 is 0 Å². The maximum atomic E-state index is 12.2. The average Bonchev–Trinajstić information content (AvgIpc) is 3.10. The van der Waals surface area contributed by atoms with Crippen molar-refractivity contribution in [3.8, 4) is 0 Å². The number of nitrogens with zero attached hydrogens (tertiary/aromatic N) is 3. The van der Waals surface area contributed by atoms with Crippen LogP contribution in [0.2, 0.25) is 0 Å². The van der Waals surface area contributed by atoms with E-state index in [1.54, 1.807) is 0 Å². The van der Waals surface area contributed by atoms with Gasteiger partial charge in [0.1, 0.15) is 0 Å². The van der Waals surface area contributed by atoms with Crippen molar-refractivity contribution in [2.75, 3.05) is 44.2 Å². The number of anilines is 1. The van der Waals surface area contributed by atoms with Crippen molar-refractivity contribution in [3.63, 3.8) is 0 Å². The van der Waals surface area contributed by atoms with E-state index in [-0.39, 0.29) is 5.91 Å². The Bertz CT molecular complexity index is 565. The van der Waals surface area contributed by atoms with Gasteiger partial charge in [-0.05, 0) is 36.4 Å². The lowest BCUT2D eigenvalue weighted by Crippen LogP contribution is -2.32. The van der Waals surface area contributed by atoms with Crippen LogP contribution < -0.4 is 4.90 Å². The van der Waals surface area contributed by atoms with Crippen LogP contribution in [0.15, 0.2) is 24.3 Å². The third kappa shape index (κ3) is 2.78. The zero-order valence-electron chi connectivity index (χ0n) is 12.7. The first-order valence-electron chi connectivity index (χ1n) is 8.22. The molecule has 3 aliphatic heterocycles. The molecule has 3 aliphatic rings. The van der Waals surface area contributed by atoms with Gasteiger partial charge in [0.05, 0.1) is 6.42 Å². The maximum absolute atomic E-state index is 12.2. The number of carbonyl (C=O) groups is 1. The van der Waals surface area contributed by atoms with Gasteiger partial charge >= 0.3 is 0 Å². The molecule has 2 fully saturated rings. The monoisotopic (exact) mass is 411 g/mol. The van der Waals surface area contributed by atoms with Crippen LogP contribution >= 0.6 is 22.9 Å². The first-order valence-corrected chi connectivity index (χ1v) is 9.18. The minimum atomic E-state index is 0.264. The number of carbonyl (C=O) groups excluding carboxylic acids is 1. The van der Waals surface area contributed by atoms with Crippen LogP contribution in [-0.2, 0) is 11.2 Å². The molecule has 1 amide bonds. The van der Waals surface area contributed by atoms with Gasteiger partial charge in [0.2, 0.25) is 5.91 Å². The zero-order valence-corrected chi connectivity index (χ0v) is 14.9. The van der Waals surface area contributed by atoms with Crippen molar-refractivity contribution in [1.82, 2.24) is 8.01 Å². The van der Waals surface area contributed by atoms with E-state index in [1.807, 2.05) is 17.0 Å². The SMILES string of the molecule is O=C1Cc2ccccc2N1CCCN1C[C@H]2CN(I)C[C@H]2C1. The molecule has 0 saturated carbocycles. The molecule has 0 spiro atoms. The van der Waals surface area contributed by atoms with Gasteiger partial charge in [-0.1, -0.05) is 18.2 Å². The van der Waals surface area contributed by atoms with Crippen molar-refractivity contribution in [2.45, 2.75) is 12.8 Å². The van der Waals surface area contributed by atoms with Gasteiger partial charge in [-0.25, -0.2) is 3.11 Å². The van der Waals surface area contributed by atoms with Crippen molar-refractivity contribution in [2.24, 2.45) is 11.8 Å². The Morgan fingerprint density at radius 2 is 1.77 bits per heavy atom. The normalized spacial score (nSPS) is 28.4. The Labute approximate surface area is 145 Å². The summed E-state index contributed by atoms with van der Waals surface area (Å²) in [4.78, 5) is 16.7. The molecule has 1 aromatic rings. The smallest absolute Gasteiger partial charge is 0.231 e. The number of rotatable bonds is 4. The van der Waals surface area contributed by atoms with Crippen LogP contribution in [0.5, 0.6) is 0 Å². The van der Waals surface area contributed by atoms with Gasteiger partial charge < -0.3 is 9.80 Å². The molecule has 0 radical (unpaired) electrons. The second-order valence-electron chi connectivity index (χ2n) is 6.81. The predicted molar refractivity (Wildman–Crippen MR) is 96.1 cm³/mol. The molecule has 4 rings (SSSR count). The predicted octanol–water partition coefficient (Wildman–Crippen LogP) is 2.18. The summed E-state index contributed by atoms with van der Waals surface area (Å²) >= 11 is 2.45. The van der Waals surface area contributed by atoms with E-state index in [9.17, 15) is 4.79 Å². The summed E-state index contributed by atoms with van der Waals surface area (Å²) in [6.07, 6.45) is 1.66. The van der Waals surface area contributed by atoms with Crippen LogP contribution in [0, 0.1) is 11.8 Å². The topological polar surface area (TPSA) is 26.8 Å². The summed E-state index contributed by atoms with van der Waals surface area (Å²) < 4.78 is 2.43. The zero-order chi connectivity index (χ0) is 15.1. The van der Waals surface area contributed by atoms with Crippen LogP contribution in [-0.4, -0.2) is 53.2 Å². The maximum Gasteiger partial charge on any atom is 0.231 e. The number of para-hydroxylation sites is 1. The first-order chi connectivity index (χ1) is 10.7. The Kier molecular flexibility index (Phi) is 4.13. The highest BCUT2D eigenvalue weighted by Gasteiger charge is 2.39. The molecular formula is C17H22IN3O. The number of fused-ring (bicyclic) bond motifs is 2. The summed E-state index contributed by atoms with van der Waals surface area (Å²) in [6.45, 7) is 6.98. The molecule has 4 nitrogen and oxygen atoms in total. The Balaban J connectivity index is 1.29. The highest BCUT2D eigenvalue weighted by Crippen LogP contribution is 2.33. The van der Waals surface area contributed by atoms with Gasteiger partial charge in [0, 0.05) is 61.3 Å². The summed E-state index contributed by atoms with van der Waals surface area (Å²) in [5.41, 5.74) is 2.32. The van der Waals surface area contributed by atoms with E-state index in [2.05, 4.69) is 43.0 Å². The molecular weight excluding hydrogens is 389 g/mol. The standard InChI is InChI=1S/C17H22IN3O/c18-20-11-14-9-19(10-15(14)12-20)6-3-7-21-16-5-2-1-4-13(16)8-17(21)22/h1-2,4-5,14-15H,3,6-12H2/t14-,15+. The van der Waals surface area contributed by atoms with Gasteiger partial charge in [0.25, 0.3) is 0 Å². The lowest BCUT2D eigenvalue weighted by molar-refractivity contribution is -0.117. The molecule has 3 heterocycles. The van der Waals surface area contributed by atoms with Crippen molar-refractivity contribution in [3.05, 3.63) is 29.8 Å². The van der Waals surface area contributed by atoms with Crippen molar-refractivity contribution in [1.29, 1.82) is 0 Å². The number of hydrogen-bond acceptors (Lipinski definition) is 3. The molecule has 2 atom stereocenters. The Morgan fingerprint density at radius 3 is 2.55 bits per heavy atom. The first kappa shape index (κ1) is 14.9. The third-order valence-electron chi connectivity index (χ3n) is 5.30. The number of likely N-dealkylation sites (tertiary alicyclic amines) is 1. The minimum Gasteiger partial charge on any atom is -0.312 e. The number of halogens is 1. The summed E-state index contributed by atoms with van der Waals surface area (Å²) in [7, 11) is 0. The highest BCUT2D eigenvalue weighted by molar-refractivity contribution is 14.1.